The topological polar surface area (TPSA) is 84.2 Å². The number of unbranched alkanes of at least 4 members (excludes halogenated alkanes) is 1. The van der Waals surface area contributed by atoms with E-state index in [9.17, 15) is 15.3 Å². The van der Waals surface area contributed by atoms with Crippen molar-refractivity contribution >= 4 is 0 Å². The Labute approximate surface area is 96.3 Å². The fourth-order valence-electron chi connectivity index (χ4n) is 2.26. The molecule has 0 bridgehead atoms. The molecule has 0 aromatic rings. The lowest BCUT2D eigenvalue weighted by Crippen LogP contribution is -2.61. The summed E-state index contributed by atoms with van der Waals surface area (Å²) in [5.74, 6) is 0. The summed E-state index contributed by atoms with van der Waals surface area (Å²) in [5, 5.41) is 38.0. The lowest BCUT2D eigenvalue weighted by Gasteiger charge is -2.43. The van der Waals surface area contributed by atoms with Crippen molar-refractivity contribution in [1.82, 2.24) is 4.90 Å². The van der Waals surface area contributed by atoms with Crippen molar-refractivity contribution in [3.8, 4) is 0 Å². The van der Waals surface area contributed by atoms with E-state index in [1.807, 2.05) is 4.90 Å². The molecular formula is C11H23NO4. The van der Waals surface area contributed by atoms with Gasteiger partial charge in [-0.15, -0.1) is 0 Å². The summed E-state index contributed by atoms with van der Waals surface area (Å²) in [4.78, 5) is 1.96. The van der Waals surface area contributed by atoms with Crippen molar-refractivity contribution in [2.75, 3.05) is 19.7 Å². The second-order valence-corrected chi connectivity index (χ2v) is 4.48. The van der Waals surface area contributed by atoms with Gasteiger partial charge in [0.05, 0.1) is 12.2 Å². The first-order valence-electron chi connectivity index (χ1n) is 6.01. The van der Waals surface area contributed by atoms with Gasteiger partial charge in [0.15, 0.2) is 0 Å². The Morgan fingerprint density at radius 2 is 1.88 bits per heavy atom. The second kappa shape index (κ2) is 6.51. The first kappa shape index (κ1) is 13.9. The van der Waals surface area contributed by atoms with Crippen LogP contribution in [0.15, 0.2) is 0 Å². The Hall–Kier alpha value is -0.200. The zero-order valence-corrected chi connectivity index (χ0v) is 9.79. The van der Waals surface area contributed by atoms with Crippen molar-refractivity contribution in [3.05, 3.63) is 0 Å². The molecule has 4 atom stereocenters. The number of aliphatic hydroxyl groups excluding tert-OH is 4. The molecule has 0 amide bonds. The highest BCUT2D eigenvalue weighted by molar-refractivity contribution is 4.94. The van der Waals surface area contributed by atoms with E-state index in [1.54, 1.807) is 0 Å². The molecular weight excluding hydrogens is 210 g/mol. The number of β-amino-alcohol motifs (C(OH)–C–C–N with tert-alkyl or cyclic N) is 1. The zero-order valence-electron chi connectivity index (χ0n) is 9.79. The van der Waals surface area contributed by atoms with E-state index in [1.165, 1.54) is 0 Å². The van der Waals surface area contributed by atoms with Gasteiger partial charge in [0.2, 0.25) is 0 Å². The molecule has 5 heteroatoms. The van der Waals surface area contributed by atoms with Crippen LogP contribution in [0, 0.1) is 0 Å². The summed E-state index contributed by atoms with van der Waals surface area (Å²) in [6.45, 7) is 3.20. The van der Waals surface area contributed by atoms with Crippen LogP contribution in [0.5, 0.6) is 0 Å². The average molecular weight is 233 g/mol. The van der Waals surface area contributed by atoms with Crippen molar-refractivity contribution in [1.29, 1.82) is 0 Å². The zero-order chi connectivity index (χ0) is 12.1. The minimum atomic E-state index is -1.10. The number of piperidine rings is 1. The van der Waals surface area contributed by atoms with E-state index in [-0.39, 0.29) is 12.6 Å². The predicted octanol–water partition coefficient (Wildman–Crippen LogP) is -1.06. The third-order valence-electron chi connectivity index (χ3n) is 3.25. The molecule has 0 unspecified atom stereocenters. The number of nitrogens with zero attached hydrogens (tertiary/aromatic N) is 1. The predicted molar refractivity (Wildman–Crippen MR) is 60.0 cm³/mol. The van der Waals surface area contributed by atoms with Gasteiger partial charge in [0.25, 0.3) is 0 Å². The minimum Gasteiger partial charge on any atom is -0.396 e. The first-order chi connectivity index (χ1) is 7.61. The summed E-state index contributed by atoms with van der Waals surface area (Å²) in [7, 11) is 0. The molecule has 1 rings (SSSR count). The van der Waals surface area contributed by atoms with Crippen molar-refractivity contribution in [3.63, 3.8) is 0 Å². The van der Waals surface area contributed by atoms with Gasteiger partial charge in [-0.1, -0.05) is 13.3 Å². The smallest absolute Gasteiger partial charge is 0.108 e. The summed E-state index contributed by atoms with van der Waals surface area (Å²) < 4.78 is 0. The van der Waals surface area contributed by atoms with E-state index in [0.29, 0.717) is 13.0 Å². The molecule has 1 aliphatic heterocycles. The molecule has 0 radical (unpaired) electrons. The molecule has 0 spiro atoms. The molecule has 0 aromatic carbocycles. The Morgan fingerprint density at radius 1 is 1.19 bits per heavy atom. The molecule has 1 saturated heterocycles. The van der Waals surface area contributed by atoms with Crippen LogP contribution >= 0.6 is 0 Å². The standard InChI is InChI=1S/C11H23NO4/c1-2-3-5-12-7-9(14)11(16)10(15)8(12)4-6-13/h8-11,13-16H,2-7H2,1H3/t8-,9-,10+,11+/m0/s1. The molecule has 96 valence electrons. The molecule has 1 fully saturated rings. The number of likely N-dealkylation sites (tertiary alicyclic amines) is 1. The molecule has 1 aliphatic rings. The SMILES string of the molecule is CCCCN1C[C@H](O)[C@@H](O)[C@H](O)[C@@H]1CCO. The van der Waals surface area contributed by atoms with Crippen LogP contribution in [-0.2, 0) is 0 Å². The van der Waals surface area contributed by atoms with Gasteiger partial charge in [-0.3, -0.25) is 4.90 Å². The van der Waals surface area contributed by atoms with Gasteiger partial charge in [-0.2, -0.15) is 0 Å². The van der Waals surface area contributed by atoms with E-state index in [4.69, 9.17) is 5.11 Å². The highest BCUT2D eigenvalue weighted by Gasteiger charge is 2.40. The van der Waals surface area contributed by atoms with Gasteiger partial charge in [0, 0.05) is 19.2 Å². The van der Waals surface area contributed by atoms with Crippen LogP contribution < -0.4 is 0 Å². The van der Waals surface area contributed by atoms with E-state index in [0.717, 1.165) is 19.4 Å². The fraction of sp³-hybridized carbons (Fsp3) is 1.00. The second-order valence-electron chi connectivity index (χ2n) is 4.48. The summed E-state index contributed by atoms with van der Waals surface area (Å²) in [6, 6.07) is -0.255. The maximum Gasteiger partial charge on any atom is 0.108 e. The lowest BCUT2D eigenvalue weighted by atomic mass is 9.91. The molecule has 5 nitrogen and oxygen atoms in total. The van der Waals surface area contributed by atoms with Crippen LogP contribution in [0.2, 0.25) is 0 Å². The molecule has 0 aromatic heterocycles. The van der Waals surface area contributed by atoms with Gasteiger partial charge in [-0.05, 0) is 19.4 Å². The van der Waals surface area contributed by atoms with E-state index >= 15 is 0 Å². The normalized spacial score (nSPS) is 36.6. The highest BCUT2D eigenvalue weighted by atomic mass is 16.4. The molecule has 1 heterocycles. The Kier molecular flexibility index (Phi) is 5.64. The van der Waals surface area contributed by atoms with Crippen LogP contribution in [0.4, 0.5) is 0 Å². The van der Waals surface area contributed by atoms with Crippen LogP contribution in [0.25, 0.3) is 0 Å². The summed E-state index contributed by atoms with van der Waals surface area (Å²) in [5.41, 5.74) is 0. The maximum absolute atomic E-state index is 9.85. The van der Waals surface area contributed by atoms with Gasteiger partial charge < -0.3 is 20.4 Å². The minimum absolute atomic E-state index is 0.0207. The van der Waals surface area contributed by atoms with E-state index in [2.05, 4.69) is 6.92 Å². The van der Waals surface area contributed by atoms with Crippen LogP contribution in [0.3, 0.4) is 0 Å². The monoisotopic (exact) mass is 233 g/mol. The molecule has 0 aliphatic carbocycles. The number of rotatable bonds is 5. The van der Waals surface area contributed by atoms with Gasteiger partial charge in [-0.25, -0.2) is 0 Å². The highest BCUT2D eigenvalue weighted by Crippen LogP contribution is 2.21. The number of aliphatic hydroxyl groups is 4. The summed E-state index contributed by atoms with van der Waals surface area (Å²) >= 11 is 0. The third-order valence-corrected chi connectivity index (χ3v) is 3.25. The fourth-order valence-corrected chi connectivity index (χ4v) is 2.26. The van der Waals surface area contributed by atoms with Crippen molar-refractivity contribution in [2.45, 2.75) is 50.5 Å². The van der Waals surface area contributed by atoms with Crippen LogP contribution in [-0.4, -0.2) is 69.4 Å². The van der Waals surface area contributed by atoms with Gasteiger partial charge in [0.1, 0.15) is 6.10 Å². The number of hydrogen-bond acceptors (Lipinski definition) is 5. The summed E-state index contributed by atoms with van der Waals surface area (Å²) in [6.07, 6.45) is -0.535. The average Bonchev–Trinajstić information content (AvgIpc) is 2.28. The Bertz CT molecular complexity index is 202. The Balaban J connectivity index is 2.63. The third kappa shape index (κ3) is 3.15. The number of hydrogen-bond donors (Lipinski definition) is 4. The van der Waals surface area contributed by atoms with Crippen LogP contribution in [0.1, 0.15) is 26.2 Å². The van der Waals surface area contributed by atoms with E-state index < -0.39 is 18.3 Å². The molecule has 0 saturated carbocycles. The Morgan fingerprint density at radius 3 is 2.44 bits per heavy atom. The molecule has 4 N–H and O–H groups in total. The maximum atomic E-state index is 9.85. The van der Waals surface area contributed by atoms with Gasteiger partial charge >= 0.3 is 0 Å². The molecule has 16 heavy (non-hydrogen) atoms. The van der Waals surface area contributed by atoms with Crippen molar-refractivity contribution < 1.29 is 20.4 Å². The largest absolute Gasteiger partial charge is 0.396 e. The quantitative estimate of drug-likeness (QED) is 0.486. The lowest BCUT2D eigenvalue weighted by molar-refractivity contribution is -0.140. The first-order valence-corrected chi connectivity index (χ1v) is 6.01. The van der Waals surface area contributed by atoms with Crippen molar-refractivity contribution in [2.24, 2.45) is 0 Å².